The fourth-order valence-corrected chi connectivity index (χ4v) is 3.61. The van der Waals surface area contributed by atoms with E-state index in [1.807, 2.05) is 18.3 Å². The minimum Gasteiger partial charge on any atom is -0.341 e. The SMILES string of the molecule is NC1CCCC(c2ncc(-c3ccc(Cl)s3)[nH]2)C1. The number of nitrogens with one attached hydrogen (secondary N) is 1. The predicted molar refractivity (Wildman–Crippen MR) is 76.1 cm³/mol. The molecular formula is C13H16ClN3S. The van der Waals surface area contributed by atoms with Gasteiger partial charge < -0.3 is 10.7 Å². The molecule has 18 heavy (non-hydrogen) atoms. The monoisotopic (exact) mass is 281 g/mol. The van der Waals surface area contributed by atoms with E-state index in [4.69, 9.17) is 17.3 Å². The first-order valence-corrected chi connectivity index (χ1v) is 7.48. The van der Waals surface area contributed by atoms with Crippen molar-refractivity contribution in [2.75, 3.05) is 0 Å². The molecule has 1 aliphatic carbocycles. The fraction of sp³-hybridized carbons (Fsp3) is 0.462. The molecule has 3 rings (SSSR count). The van der Waals surface area contributed by atoms with Crippen LogP contribution in [0.25, 0.3) is 10.6 Å². The number of imidazole rings is 1. The van der Waals surface area contributed by atoms with Crippen LogP contribution in [0, 0.1) is 0 Å². The van der Waals surface area contributed by atoms with Crippen LogP contribution in [0.5, 0.6) is 0 Å². The Morgan fingerprint density at radius 1 is 1.39 bits per heavy atom. The molecule has 0 aromatic carbocycles. The second-order valence-electron chi connectivity index (χ2n) is 4.91. The van der Waals surface area contributed by atoms with E-state index in [1.54, 1.807) is 11.3 Å². The highest BCUT2D eigenvalue weighted by Gasteiger charge is 2.23. The first kappa shape index (κ1) is 12.2. The molecule has 0 aliphatic heterocycles. The van der Waals surface area contributed by atoms with Crippen LogP contribution in [0.4, 0.5) is 0 Å². The van der Waals surface area contributed by atoms with E-state index in [9.17, 15) is 0 Å². The lowest BCUT2D eigenvalue weighted by molar-refractivity contribution is 0.383. The maximum atomic E-state index is 6.03. The van der Waals surface area contributed by atoms with Crippen LogP contribution in [0.1, 0.15) is 37.4 Å². The van der Waals surface area contributed by atoms with Gasteiger partial charge in [0, 0.05) is 12.0 Å². The summed E-state index contributed by atoms with van der Waals surface area (Å²) in [6.07, 6.45) is 6.47. The molecule has 5 heteroatoms. The smallest absolute Gasteiger partial charge is 0.109 e. The normalized spacial score (nSPS) is 24.3. The second-order valence-corrected chi connectivity index (χ2v) is 6.62. The molecule has 1 aliphatic rings. The van der Waals surface area contributed by atoms with Crippen LogP contribution in [0.3, 0.4) is 0 Å². The molecule has 0 bridgehead atoms. The van der Waals surface area contributed by atoms with Crippen molar-refractivity contribution in [1.29, 1.82) is 0 Å². The molecule has 0 spiro atoms. The topological polar surface area (TPSA) is 54.7 Å². The van der Waals surface area contributed by atoms with E-state index >= 15 is 0 Å². The molecule has 1 saturated carbocycles. The van der Waals surface area contributed by atoms with E-state index in [0.717, 1.165) is 33.6 Å². The number of hydrogen-bond donors (Lipinski definition) is 2. The molecule has 1 fully saturated rings. The minimum atomic E-state index is 0.327. The van der Waals surface area contributed by atoms with Gasteiger partial charge in [-0.15, -0.1) is 11.3 Å². The van der Waals surface area contributed by atoms with Crippen molar-refractivity contribution in [3.05, 3.63) is 28.5 Å². The summed E-state index contributed by atoms with van der Waals surface area (Å²) in [6, 6.07) is 4.27. The first-order valence-electron chi connectivity index (χ1n) is 6.28. The van der Waals surface area contributed by atoms with Gasteiger partial charge in [-0.3, -0.25) is 0 Å². The highest BCUT2D eigenvalue weighted by atomic mass is 35.5. The molecule has 2 aromatic rings. The molecule has 0 amide bonds. The number of rotatable bonds is 2. The Morgan fingerprint density at radius 2 is 2.28 bits per heavy atom. The van der Waals surface area contributed by atoms with E-state index in [1.165, 1.54) is 12.8 Å². The van der Waals surface area contributed by atoms with Gasteiger partial charge in [-0.2, -0.15) is 0 Å². The van der Waals surface area contributed by atoms with Crippen molar-refractivity contribution >= 4 is 22.9 Å². The van der Waals surface area contributed by atoms with Gasteiger partial charge in [0.05, 0.1) is 21.1 Å². The van der Waals surface area contributed by atoms with Gasteiger partial charge in [0.25, 0.3) is 0 Å². The predicted octanol–water partition coefficient (Wildman–Crippen LogP) is 3.78. The molecule has 2 atom stereocenters. The van der Waals surface area contributed by atoms with Crippen LogP contribution in [0.2, 0.25) is 4.34 Å². The summed E-state index contributed by atoms with van der Waals surface area (Å²) in [6.45, 7) is 0. The first-order chi connectivity index (χ1) is 8.72. The summed E-state index contributed by atoms with van der Waals surface area (Å²) < 4.78 is 0.806. The van der Waals surface area contributed by atoms with Gasteiger partial charge in [-0.05, 0) is 31.4 Å². The van der Waals surface area contributed by atoms with Crippen molar-refractivity contribution in [2.24, 2.45) is 5.73 Å². The Labute approximate surface area is 115 Å². The highest BCUT2D eigenvalue weighted by molar-refractivity contribution is 7.19. The molecule has 0 saturated heterocycles. The molecule has 3 nitrogen and oxygen atoms in total. The number of nitrogens with zero attached hydrogens (tertiary/aromatic N) is 1. The van der Waals surface area contributed by atoms with Gasteiger partial charge in [0.15, 0.2) is 0 Å². The molecule has 96 valence electrons. The summed E-state index contributed by atoms with van der Waals surface area (Å²) >= 11 is 7.52. The van der Waals surface area contributed by atoms with Crippen molar-refractivity contribution < 1.29 is 0 Å². The van der Waals surface area contributed by atoms with Gasteiger partial charge in [-0.25, -0.2) is 4.98 Å². The van der Waals surface area contributed by atoms with Crippen LogP contribution in [0.15, 0.2) is 18.3 Å². The number of aromatic nitrogens is 2. The largest absolute Gasteiger partial charge is 0.341 e. The average Bonchev–Trinajstić information content (AvgIpc) is 2.97. The third kappa shape index (κ3) is 2.46. The Balaban J connectivity index is 1.80. The van der Waals surface area contributed by atoms with Crippen LogP contribution in [-0.4, -0.2) is 16.0 Å². The summed E-state index contributed by atoms with van der Waals surface area (Å²) in [4.78, 5) is 9.07. The number of hydrogen-bond acceptors (Lipinski definition) is 3. The zero-order chi connectivity index (χ0) is 12.5. The number of aromatic amines is 1. The van der Waals surface area contributed by atoms with E-state index in [-0.39, 0.29) is 0 Å². The zero-order valence-corrected chi connectivity index (χ0v) is 11.6. The van der Waals surface area contributed by atoms with Gasteiger partial charge in [-0.1, -0.05) is 18.0 Å². The lowest BCUT2D eigenvalue weighted by Crippen LogP contribution is -2.27. The second kappa shape index (κ2) is 5.03. The summed E-state index contributed by atoms with van der Waals surface area (Å²) in [5, 5.41) is 0. The van der Waals surface area contributed by atoms with Crippen molar-refractivity contribution in [3.8, 4) is 10.6 Å². The van der Waals surface area contributed by atoms with E-state index < -0.39 is 0 Å². The van der Waals surface area contributed by atoms with E-state index in [0.29, 0.717) is 12.0 Å². The molecule has 3 N–H and O–H groups in total. The lowest BCUT2D eigenvalue weighted by Gasteiger charge is -2.24. The Hall–Kier alpha value is -0.840. The molecular weight excluding hydrogens is 266 g/mol. The maximum absolute atomic E-state index is 6.03. The molecule has 2 unspecified atom stereocenters. The lowest BCUT2D eigenvalue weighted by atomic mass is 9.86. The van der Waals surface area contributed by atoms with Crippen LogP contribution in [-0.2, 0) is 0 Å². The van der Waals surface area contributed by atoms with Gasteiger partial charge in [0.2, 0.25) is 0 Å². The number of nitrogens with two attached hydrogens (primary N) is 1. The Morgan fingerprint density at radius 3 is 3.00 bits per heavy atom. The zero-order valence-electron chi connectivity index (χ0n) is 10.0. The standard InChI is InChI=1S/C13H16ClN3S/c14-12-5-4-11(18-12)10-7-16-13(17-10)8-2-1-3-9(15)6-8/h4-5,7-9H,1-3,6,15H2,(H,16,17). The number of thiophene rings is 1. The van der Waals surface area contributed by atoms with Gasteiger partial charge in [0.1, 0.15) is 5.82 Å². The number of halogens is 1. The van der Waals surface area contributed by atoms with Crippen molar-refractivity contribution in [1.82, 2.24) is 9.97 Å². The summed E-state index contributed by atoms with van der Waals surface area (Å²) in [5.41, 5.74) is 7.08. The third-order valence-electron chi connectivity index (χ3n) is 3.54. The van der Waals surface area contributed by atoms with E-state index in [2.05, 4.69) is 9.97 Å². The van der Waals surface area contributed by atoms with Crippen molar-refractivity contribution in [3.63, 3.8) is 0 Å². The minimum absolute atomic E-state index is 0.327. The number of H-pyrrole nitrogens is 1. The molecule has 2 aromatic heterocycles. The highest BCUT2D eigenvalue weighted by Crippen LogP contribution is 2.34. The van der Waals surface area contributed by atoms with Crippen molar-refractivity contribution in [2.45, 2.75) is 37.6 Å². The molecule has 0 radical (unpaired) electrons. The van der Waals surface area contributed by atoms with Gasteiger partial charge >= 0.3 is 0 Å². The summed E-state index contributed by atoms with van der Waals surface area (Å²) in [7, 11) is 0. The fourth-order valence-electron chi connectivity index (χ4n) is 2.60. The third-order valence-corrected chi connectivity index (χ3v) is 4.80. The van der Waals surface area contributed by atoms with Crippen LogP contribution >= 0.6 is 22.9 Å². The Bertz CT molecular complexity index is 534. The average molecular weight is 282 g/mol. The maximum Gasteiger partial charge on any atom is 0.109 e. The summed E-state index contributed by atoms with van der Waals surface area (Å²) in [5.74, 6) is 1.56. The van der Waals surface area contributed by atoms with Crippen LogP contribution < -0.4 is 5.73 Å². The Kier molecular flexibility index (Phi) is 3.41. The quantitative estimate of drug-likeness (QED) is 0.880. The molecule has 2 heterocycles.